The van der Waals surface area contributed by atoms with Gasteiger partial charge in [-0.15, -0.1) is 0 Å². The van der Waals surface area contributed by atoms with Gasteiger partial charge in [0.15, 0.2) is 0 Å². The van der Waals surface area contributed by atoms with Crippen molar-refractivity contribution >= 4 is 11.0 Å². The van der Waals surface area contributed by atoms with Crippen LogP contribution in [0.3, 0.4) is 0 Å². The van der Waals surface area contributed by atoms with Crippen LogP contribution in [0.2, 0.25) is 0 Å². The van der Waals surface area contributed by atoms with E-state index in [-0.39, 0.29) is 5.82 Å². The highest BCUT2D eigenvalue weighted by molar-refractivity contribution is 5.74. The maximum Gasteiger partial charge on any atom is 0.125 e. The molecule has 1 N–H and O–H groups in total. The highest BCUT2D eigenvalue weighted by Crippen LogP contribution is 2.26. The molecule has 1 aliphatic rings. The van der Waals surface area contributed by atoms with E-state index in [4.69, 9.17) is 0 Å². The maximum absolute atomic E-state index is 13.1. The van der Waals surface area contributed by atoms with Gasteiger partial charge in [-0.3, -0.25) is 0 Å². The largest absolute Gasteiger partial charge is 0.342 e. The second-order valence-corrected chi connectivity index (χ2v) is 5.41. The Bertz CT molecular complexity index is 524. The standard InChI is InChI=1S/C15H19FN2/c16-12-7-8-13-14(10-12)18-15(17-13)9-11-5-3-1-2-4-6-11/h7-8,10-11H,1-6,9H2,(H,17,18). The van der Waals surface area contributed by atoms with Gasteiger partial charge in [0.2, 0.25) is 0 Å². The highest BCUT2D eigenvalue weighted by Gasteiger charge is 2.14. The fourth-order valence-corrected chi connectivity index (χ4v) is 2.97. The summed E-state index contributed by atoms with van der Waals surface area (Å²) in [5.41, 5.74) is 1.69. The Hall–Kier alpha value is -1.38. The number of benzene rings is 1. The average Bonchev–Trinajstić information content (AvgIpc) is 2.57. The van der Waals surface area contributed by atoms with Crippen molar-refractivity contribution in [3.05, 3.63) is 29.8 Å². The third-order valence-corrected chi connectivity index (χ3v) is 3.95. The van der Waals surface area contributed by atoms with Crippen LogP contribution < -0.4 is 0 Å². The number of aromatic nitrogens is 2. The van der Waals surface area contributed by atoms with Gasteiger partial charge in [-0.05, 0) is 24.1 Å². The third kappa shape index (κ3) is 2.55. The minimum atomic E-state index is -0.202. The van der Waals surface area contributed by atoms with Crippen LogP contribution in [0.25, 0.3) is 11.0 Å². The molecule has 3 rings (SSSR count). The number of nitrogens with zero attached hydrogens (tertiary/aromatic N) is 1. The second kappa shape index (κ2) is 5.09. The molecule has 0 bridgehead atoms. The van der Waals surface area contributed by atoms with Crippen LogP contribution in [-0.4, -0.2) is 9.97 Å². The molecule has 0 aliphatic heterocycles. The van der Waals surface area contributed by atoms with Gasteiger partial charge in [0.25, 0.3) is 0 Å². The number of aromatic amines is 1. The van der Waals surface area contributed by atoms with E-state index in [0.717, 1.165) is 29.2 Å². The minimum Gasteiger partial charge on any atom is -0.342 e. The van der Waals surface area contributed by atoms with E-state index in [2.05, 4.69) is 9.97 Å². The predicted molar refractivity (Wildman–Crippen MR) is 70.9 cm³/mol. The lowest BCUT2D eigenvalue weighted by Crippen LogP contribution is -2.04. The molecule has 1 fully saturated rings. The molecule has 2 nitrogen and oxygen atoms in total. The molecule has 1 aliphatic carbocycles. The van der Waals surface area contributed by atoms with Crippen LogP contribution >= 0.6 is 0 Å². The van der Waals surface area contributed by atoms with E-state index in [1.165, 1.54) is 50.7 Å². The number of nitrogens with one attached hydrogen (secondary N) is 1. The van der Waals surface area contributed by atoms with Crippen molar-refractivity contribution in [2.75, 3.05) is 0 Å². The normalized spacial score (nSPS) is 18.1. The monoisotopic (exact) mass is 246 g/mol. The molecule has 0 atom stereocenters. The third-order valence-electron chi connectivity index (χ3n) is 3.95. The first kappa shape index (κ1) is 11.7. The van der Waals surface area contributed by atoms with Gasteiger partial charge in [0.05, 0.1) is 11.0 Å². The number of imidazole rings is 1. The molecule has 0 radical (unpaired) electrons. The number of H-pyrrole nitrogens is 1. The number of halogens is 1. The zero-order chi connectivity index (χ0) is 12.4. The van der Waals surface area contributed by atoms with Gasteiger partial charge in [-0.1, -0.05) is 38.5 Å². The molecule has 2 aromatic rings. The maximum atomic E-state index is 13.1. The molecular formula is C15H19FN2. The van der Waals surface area contributed by atoms with Gasteiger partial charge >= 0.3 is 0 Å². The van der Waals surface area contributed by atoms with Crippen LogP contribution in [0.15, 0.2) is 18.2 Å². The van der Waals surface area contributed by atoms with Crippen LogP contribution in [0.1, 0.15) is 44.3 Å². The molecule has 1 heterocycles. The van der Waals surface area contributed by atoms with Crippen molar-refractivity contribution in [1.82, 2.24) is 9.97 Å². The Morgan fingerprint density at radius 3 is 2.72 bits per heavy atom. The number of fused-ring (bicyclic) bond motifs is 1. The summed E-state index contributed by atoms with van der Waals surface area (Å²) in [7, 11) is 0. The Kier molecular flexibility index (Phi) is 3.31. The van der Waals surface area contributed by atoms with Crippen molar-refractivity contribution < 1.29 is 4.39 Å². The molecule has 1 aromatic heterocycles. The molecular weight excluding hydrogens is 227 g/mol. The van der Waals surface area contributed by atoms with E-state index in [0.29, 0.717) is 0 Å². The van der Waals surface area contributed by atoms with Crippen LogP contribution in [-0.2, 0) is 6.42 Å². The molecule has 96 valence electrons. The summed E-state index contributed by atoms with van der Waals surface area (Å²) in [6.07, 6.45) is 9.08. The second-order valence-electron chi connectivity index (χ2n) is 5.41. The molecule has 1 aromatic carbocycles. The summed E-state index contributed by atoms with van der Waals surface area (Å²) in [5.74, 6) is 1.56. The topological polar surface area (TPSA) is 28.7 Å². The molecule has 3 heteroatoms. The Morgan fingerprint density at radius 1 is 1.17 bits per heavy atom. The average molecular weight is 246 g/mol. The van der Waals surface area contributed by atoms with Gasteiger partial charge < -0.3 is 4.98 Å². The zero-order valence-corrected chi connectivity index (χ0v) is 10.6. The minimum absolute atomic E-state index is 0.202. The molecule has 0 unspecified atom stereocenters. The lowest BCUT2D eigenvalue weighted by molar-refractivity contribution is 0.450. The van der Waals surface area contributed by atoms with Gasteiger partial charge in [0, 0.05) is 6.42 Å². The lowest BCUT2D eigenvalue weighted by Gasteiger charge is -2.11. The molecule has 0 saturated heterocycles. The van der Waals surface area contributed by atoms with E-state index in [1.54, 1.807) is 6.07 Å². The fourth-order valence-electron chi connectivity index (χ4n) is 2.97. The van der Waals surface area contributed by atoms with E-state index < -0.39 is 0 Å². The van der Waals surface area contributed by atoms with Crippen molar-refractivity contribution in [2.24, 2.45) is 5.92 Å². The number of rotatable bonds is 2. The summed E-state index contributed by atoms with van der Waals surface area (Å²) in [5, 5.41) is 0. The molecule has 0 amide bonds. The van der Waals surface area contributed by atoms with E-state index >= 15 is 0 Å². The van der Waals surface area contributed by atoms with Crippen LogP contribution in [0, 0.1) is 11.7 Å². The summed E-state index contributed by atoms with van der Waals surface area (Å²) in [6, 6.07) is 4.75. The summed E-state index contributed by atoms with van der Waals surface area (Å²) >= 11 is 0. The van der Waals surface area contributed by atoms with Crippen molar-refractivity contribution in [1.29, 1.82) is 0 Å². The fraction of sp³-hybridized carbons (Fsp3) is 0.533. The van der Waals surface area contributed by atoms with E-state index in [1.807, 2.05) is 0 Å². The zero-order valence-electron chi connectivity index (χ0n) is 10.6. The SMILES string of the molecule is Fc1ccc2nc(CC3CCCCCC3)[nH]c2c1. The number of hydrogen-bond acceptors (Lipinski definition) is 1. The predicted octanol–water partition coefficient (Wildman–Crippen LogP) is 4.21. The van der Waals surface area contributed by atoms with Crippen LogP contribution in [0.4, 0.5) is 4.39 Å². The summed E-state index contributed by atoms with van der Waals surface area (Å²) in [6.45, 7) is 0. The Balaban J connectivity index is 1.77. The van der Waals surface area contributed by atoms with Gasteiger partial charge in [-0.25, -0.2) is 9.37 Å². The van der Waals surface area contributed by atoms with Crippen molar-refractivity contribution in [3.8, 4) is 0 Å². The van der Waals surface area contributed by atoms with Crippen LogP contribution in [0.5, 0.6) is 0 Å². The molecule has 1 saturated carbocycles. The summed E-state index contributed by atoms with van der Waals surface area (Å²) in [4.78, 5) is 7.81. The molecule has 0 spiro atoms. The van der Waals surface area contributed by atoms with Crippen molar-refractivity contribution in [2.45, 2.75) is 44.9 Å². The number of hydrogen-bond donors (Lipinski definition) is 1. The van der Waals surface area contributed by atoms with E-state index in [9.17, 15) is 4.39 Å². The first-order valence-corrected chi connectivity index (χ1v) is 6.95. The Morgan fingerprint density at radius 2 is 1.94 bits per heavy atom. The quantitative estimate of drug-likeness (QED) is 0.790. The van der Waals surface area contributed by atoms with Crippen molar-refractivity contribution in [3.63, 3.8) is 0 Å². The van der Waals surface area contributed by atoms with Gasteiger partial charge in [0.1, 0.15) is 11.6 Å². The Labute approximate surface area is 107 Å². The summed E-state index contributed by atoms with van der Waals surface area (Å²) < 4.78 is 13.1. The lowest BCUT2D eigenvalue weighted by atomic mass is 9.96. The highest BCUT2D eigenvalue weighted by atomic mass is 19.1. The van der Waals surface area contributed by atoms with Gasteiger partial charge in [-0.2, -0.15) is 0 Å². The first-order chi connectivity index (χ1) is 8.81. The first-order valence-electron chi connectivity index (χ1n) is 6.95. The smallest absolute Gasteiger partial charge is 0.125 e. The molecule has 18 heavy (non-hydrogen) atoms.